The third-order valence-electron chi connectivity index (χ3n) is 3.36. The van der Waals surface area contributed by atoms with Gasteiger partial charge in [0.15, 0.2) is 4.90 Å². The van der Waals surface area contributed by atoms with Crippen LogP contribution >= 0.6 is 0 Å². The van der Waals surface area contributed by atoms with Crippen molar-refractivity contribution in [3.63, 3.8) is 0 Å². The predicted molar refractivity (Wildman–Crippen MR) is 68.6 cm³/mol. The van der Waals surface area contributed by atoms with Gasteiger partial charge in [-0.15, -0.1) is 0 Å². The van der Waals surface area contributed by atoms with Gasteiger partial charge in [0.25, 0.3) is 0 Å². The molecule has 6 nitrogen and oxygen atoms in total. The Hall–Kier alpha value is -1.58. The summed E-state index contributed by atoms with van der Waals surface area (Å²) in [5.41, 5.74) is 5.17. The number of ether oxygens (including phenoxy) is 1. The van der Waals surface area contributed by atoms with Crippen molar-refractivity contribution in [3.8, 4) is 0 Å². The highest BCUT2D eigenvalue weighted by molar-refractivity contribution is 7.89. The average molecular weight is 320 g/mol. The molecule has 1 amide bonds. The first-order valence-electron chi connectivity index (χ1n) is 6.07. The first kappa shape index (κ1) is 15.8. The summed E-state index contributed by atoms with van der Waals surface area (Å²) < 4.78 is 58.0. The molecule has 2 N–H and O–H groups in total. The molecule has 0 aliphatic carbocycles. The number of halogens is 2. The van der Waals surface area contributed by atoms with Crippen molar-refractivity contribution < 1.29 is 26.7 Å². The number of amides is 1. The molecule has 0 saturated carbocycles. The van der Waals surface area contributed by atoms with Gasteiger partial charge in [-0.25, -0.2) is 17.2 Å². The van der Waals surface area contributed by atoms with E-state index < -0.39 is 44.6 Å². The molecule has 0 unspecified atom stereocenters. The molecule has 0 spiro atoms. The summed E-state index contributed by atoms with van der Waals surface area (Å²) in [4.78, 5) is 10.3. The number of hydrogen-bond donors (Lipinski definition) is 1. The van der Waals surface area contributed by atoms with Crippen molar-refractivity contribution in [2.45, 2.75) is 23.5 Å². The molecule has 1 heterocycles. The third kappa shape index (κ3) is 2.76. The van der Waals surface area contributed by atoms with E-state index in [1.807, 2.05) is 0 Å². The quantitative estimate of drug-likeness (QED) is 0.860. The largest absolute Gasteiger partial charge is 0.380 e. The van der Waals surface area contributed by atoms with Gasteiger partial charge in [0.05, 0.1) is 6.10 Å². The summed E-state index contributed by atoms with van der Waals surface area (Å²) in [6.07, 6.45) is -0.520. The van der Waals surface area contributed by atoms with Crippen LogP contribution in [0.4, 0.5) is 8.78 Å². The Morgan fingerprint density at radius 3 is 2.43 bits per heavy atom. The van der Waals surface area contributed by atoms with Crippen LogP contribution in [-0.2, 0) is 19.6 Å². The third-order valence-corrected chi connectivity index (χ3v) is 5.29. The summed E-state index contributed by atoms with van der Waals surface area (Å²) in [5.74, 6) is -3.34. The molecule has 1 aliphatic heterocycles. The maximum absolute atomic E-state index is 13.7. The predicted octanol–water partition coefficient (Wildman–Crippen LogP) is 0.228. The summed E-state index contributed by atoms with van der Waals surface area (Å²) in [6.45, 7) is -0.194. The second-order valence-corrected chi connectivity index (χ2v) is 6.46. The normalized spacial score (nSPS) is 23.4. The number of rotatable bonds is 4. The lowest BCUT2D eigenvalue weighted by Gasteiger charge is -2.21. The maximum atomic E-state index is 13.7. The topological polar surface area (TPSA) is 89.7 Å². The van der Waals surface area contributed by atoms with E-state index in [0.29, 0.717) is 4.31 Å². The molecule has 2 atom stereocenters. The smallest absolute Gasteiger partial charge is 0.249 e. The fourth-order valence-corrected chi connectivity index (χ4v) is 4.06. The highest BCUT2D eigenvalue weighted by atomic mass is 32.2. The van der Waals surface area contributed by atoms with Crippen molar-refractivity contribution in [3.05, 3.63) is 29.8 Å². The van der Waals surface area contributed by atoms with Gasteiger partial charge in [-0.2, -0.15) is 4.31 Å². The molecule has 2 rings (SSSR count). The number of carbonyl (C=O) groups excluding carboxylic acids is 1. The molecule has 1 fully saturated rings. The Morgan fingerprint density at radius 1 is 1.38 bits per heavy atom. The molecule has 1 saturated heterocycles. The maximum Gasteiger partial charge on any atom is 0.249 e. The van der Waals surface area contributed by atoms with Crippen molar-refractivity contribution >= 4 is 15.9 Å². The fourth-order valence-electron chi connectivity index (χ4n) is 2.31. The zero-order chi connectivity index (χ0) is 15.8. The minimum absolute atomic E-state index is 0.0428. The van der Waals surface area contributed by atoms with E-state index in [0.717, 1.165) is 18.2 Å². The summed E-state index contributed by atoms with van der Waals surface area (Å²) in [5, 5.41) is 0. The van der Waals surface area contributed by atoms with Crippen molar-refractivity contribution in [1.29, 1.82) is 0 Å². The van der Waals surface area contributed by atoms with Crippen LogP contribution in [0.2, 0.25) is 0 Å². The SMILES string of the molecule is CO[C@H]1C[C@@H](C(N)=O)N(S(=O)(=O)c2c(F)cccc2F)C1. The van der Waals surface area contributed by atoms with E-state index in [9.17, 15) is 22.0 Å². The first-order chi connectivity index (χ1) is 9.78. The monoisotopic (exact) mass is 320 g/mol. The molecular weight excluding hydrogens is 306 g/mol. The van der Waals surface area contributed by atoms with Crippen molar-refractivity contribution in [1.82, 2.24) is 4.31 Å². The first-order valence-corrected chi connectivity index (χ1v) is 7.51. The average Bonchev–Trinajstić information content (AvgIpc) is 2.83. The van der Waals surface area contributed by atoms with E-state index in [1.54, 1.807) is 0 Å². The van der Waals surface area contributed by atoms with E-state index in [-0.39, 0.29) is 13.0 Å². The minimum Gasteiger partial charge on any atom is -0.380 e. The van der Waals surface area contributed by atoms with Crippen LogP contribution in [0.1, 0.15) is 6.42 Å². The van der Waals surface area contributed by atoms with Crippen LogP contribution in [0, 0.1) is 11.6 Å². The van der Waals surface area contributed by atoms with E-state index in [2.05, 4.69) is 0 Å². The molecule has 1 aliphatic rings. The van der Waals surface area contributed by atoms with Crippen LogP contribution in [0.5, 0.6) is 0 Å². The van der Waals surface area contributed by atoms with Gasteiger partial charge in [0.2, 0.25) is 15.9 Å². The fraction of sp³-hybridized carbons (Fsp3) is 0.417. The zero-order valence-electron chi connectivity index (χ0n) is 11.1. The Balaban J connectivity index is 2.50. The van der Waals surface area contributed by atoms with Gasteiger partial charge in [-0.3, -0.25) is 4.79 Å². The van der Waals surface area contributed by atoms with Crippen LogP contribution in [0.25, 0.3) is 0 Å². The number of nitrogens with zero attached hydrogens (tertiary/aromatic N) is 1. The van der Waals surface area contributed by atoms with Crippen LogP contribution in [-0.4, -0.2) is 44.4 Å². The Labute approximate surface area is 120 Å². The molecule has 9 heteroatoms. The van der Waals surface area contributed by atoms with Crippen molar-refractivity contribution in [2.24, 2.45) is 5.73 Å². The number of methoxy groups -OCH3 is 1. The second kappa shape index (κ2) is 5.66. The second-order valence-electron chi connectivity index (χ2n) is 4.64. The Bertz CT molecular complexity index is 645. The Morgan fingerprint density at radius 2 is 1.95 bits per heavy atom. The minimum atomic E-state index is -4.53. The van der Waals surface area contributed by atoms with Crippen LogP contribution < -0.4 is 5.73 Å². The number of primary amides is 1. The molecule has 0 radical (unpaired) electrons. The van der Waals surface area contributed by atoms with E-state index in [4.69, 9.17) is 10.5 Å². The van der Waals surface area contributed by atoms with Gasteiger partial charge < -0.3 is 10.5 Å². The highest BCUT2D eigenvalue weighted by Gasteiger charge is 2.45. The van der Waals surface area contributed by atoms with E-state index >= 15 is 0 Å². The highest BCUT2D eigenvalue weighted by Crippen LogP contribution is 2.30. The molecular formula is C12H14F2N2O4S. The molecule has 0 aromatic heterocycles. The number of sulfonamides is 1. The van der Waals surface area contributed by atoms with Crippen molar-refractivity contribution in [2.75, 3.05) is 13.7 Å². The summed E-state index contributed by atoms with van der Waals surface area (Å²) >= 11 is 0. The molecule has 1 aromatic carbocycles. The lowest BCUT2D eigenvalue weighted by molar-refractivity contribution is -0.121. The summed E-state index contributed by atoms with van der Waals surface area (Å²) in [7, 11) is -3.19. The van der Waals surface area contributed by atoms with E-state index in [1.165, 1.54) is 7.11 Å². The molecule has 21 heavy (non-hydrogen) atoms. The molecule has 116 valence electrons. The van der Waals surface area contributed by atoms with Crippen LogP contribution in [0.3, 0.4) is 0 Å². The van der Waals surface area contributed by atoms with Gasteiger partial charge in [0.1, 0.15) is 17.7 Å². The summed E-state index contributed by atoms with van der Waals surface area (Å²) in [6, 6.07) is 1.52. The number of carbonyl (C=O) groups is 1. The number of hydrogen-bond acceptors (Lipinski definition) is 4. The standard InChI is InChI=1S/C12H14F2N2O4S/c1-20-7-5-10(12(15)17)16(6-7)21(18,19)11-8(13)3-2-4-9(11)14/h2-4,7,10H,5-6H2,1H3,(H2,15,17)/t7-,10-/m0/s1. The Kier molecular flexibility index (Phi) is 4.26. The van der Waals surface area contributed by atoms with Gasteiger partial charge in [-0.05, 0) is 12.1 Å². The van der Waals surface area contributed by atoms with Gasteiger partial charge in [-0.1, -0.05) is 6.07 Å². The van der Waals surface area contributed by atoms with Gasteiger partial charge >= 0.3 is 0 Å². The number of nitrogens with two attached hydrogens (primary N) is 1. The lowest BCUT2D eigenvalue weighted by atomic mass is 10.2. The lowest BCUT2D eigenvalue weighted by Crippen LogP contribution is -2.44. The van der Waals surface area contributed by atoms with Crippen LogP contribution in [0.15, 0.2) is 23.1 Å². The number of benzene rings is 1. The zero-order valence-corrected chi connectivity index (χ0v) is 11.9. The van der Waals surface area contributed by atoms with Gasteiger partial charge in [0, 0.05) is 20.1 Å². The molecule has 0 bridgehead atoms. The molecule has 1 aromatic rings.